The zero-order valence-corrected chi connectivity index (χ0v) is 18.7. The lowest BCUT2D eigenvalue weighted by atomic mass is 9.60. The standard InChI is InChI=1S/C26H32B2O4/c29-27(30-22-16-8-3-9-17-22)25(20-12-4-1-5-13-20)26(21-14-6-2-7-15-21)28-31-23-18-10-11-19-24(23)32-28/h1-2,4-7,12-15,22-24,29H,3,8-11,16-19H2/b26-25-. The number of hydrogen-bond donors (Lipinski definition) is 1. The molecule has 4 nitrogen and oxygen atoms in total. The molecule has 2 aromatic carbocycles. The zero-order valence-electron chi connectivity index (χ0n) is 18.7. The van der Waals surface area contributed by atoms with Crippen LogP contribution in [0.4, 0.5) is 0 Å². The Bertz CT molecular complexity index is 885. The maximum Gasteiger partial charge on any atom is 0.494 e. The predicted octanol–water partition coefficient (Wildman–Crippen LogP) is 5.35. The minimum absolute atomic E-state index is 0.0856. The summed E-state index contributed by atoms with van der Waals surface area (Å²) in [6.07, 6.45) is 10.3. The van der Waals surface area contributed by atoms with Crippen molar-refractivity contribution in [3.8, 4) is 0 Å². The minimum atomic E-state index is -1.04. The van der Waals surface area contributed by atoms with E-state index >= 15 is 0 Å². The van der Waals surface area contributed by atoms with Gasteiger partial charge in [0.1, 0.15) is 0 Å². The average molecular weight is 430 g/mol. The quantitative estimate of drug-likeness (QED) is 0.496. The molecule has 1 saturated heterocycles. The molecule has 32 heavy (non-hydrogen) atoms. The van der Waals surface area contributed by atoms with Gasteiger partial charge < -0.3 is 19.0 Å². The Labute approximate surface area is 192 Å². The van der Waals surface area contributed by atoms with E-state index in [4.69, 9.17) is 14.0 Å². The molecular formula is C26H32B2O4. The first kappa shape index (κ1) is 22.0. The molecule has 3 fully saturated rings. The molecule has 1 N–H and O–H groups in total. The van der Waals surface area contributed by atoms with Gasteiger partial charge in [0.25, 0.3) is 0 Å². The first-order valence-electron chi connectivity index (χ1n) is 12.3. The van der Waals surface area contributed by atoms with Crippen LogP contribution < -0.4 is 0 Å². The zero-order chi connectivity index (χ0) is 21.8. The second-order valence-electron chi connectivity index (χ2n) is 9.27. The molecule has 0 spiro atoms. The third-order valence-electron chi connectivity index (χ3n) is 7.05. The molecule has 1 heterocycles. The van der Waals surface area contributed by atoms with Gasteiger partial charge in [0.2, 0.25) is 0 Å². The Morgan fingerprint density at radius 3 is 1.88 bits per heavy atom. The van der Waals surface area contributed by atoms with Crippen LogP contribution in [0.3, 0.4) is 0 Å². The van der Waals surface area contributed by atoms with Crippen LogP contribution in [0.5, 0.6) is 0 Å². The summed E-state index contributed by atoms with van der Waals surface area (Å²) in [4.78, 5) is 0. The molecule has 2 saturated carbocycles. The fourth-order valence-corrected chi connectivity index (χ4v) is 5.40. The monoisotopic (exact) mass is 430 g/mol. The molecule has 6 heteroatoms. The molecule has 0 amide bonds. The van der Waals surface area contributed by atoms with Crippen LogP contribution in [0.15, 0.2) is 60.7 Å². The average Bonchev–Trinajstić information content (AvgIpc) is 3.28. The van der Waals surface area contributed by atoms with E-state index in [1.807, 2.05) is 48.5 Å². The van der Waals surface area contributed by atoms with Crippen LogP contribution in [-0.2, 0) is 14.0 Å². The SMILES string of the molecule is OB(OC1CCCCC1)/C(=C(\B1OC2CCCCC2O1)c1ccccc1)c1ccccc1. The van der Waals surface area contributed by atoms with E-state index in [-0.39, 0.29) is 18.3 Å². The van der Waals surface area contributed by atoms with Crippen molar-refractivity contribution in [2.45, 2.75) is 76.1 Å². The lowest BCUT2D eigenvalue weighted by Gasteiger charge is -2.26. The molecule has 166 valence electrons. The smallest absolute Gasteiger partial charge is 0.423 e. The van der Waals surface area contributed by atoms with Crippen molar-refractivity contribution in [1.29, 1.82) is 0 Å². The van der Waals surface area contributed by atoms with Crippen molar-refractivity contribution >= 4 is 25.2 Å². The highest BCUT2D eigenvalue weighted by atomic mass is 16.7. The van der Waals surface area contributed by atoms with Crippen molar-refractivity contribution < 1.29 is 19.0 Å². The molecule has 2 aliphatic carbocycles. The van der Waals surface area contributed by atoms with Gasteiger partial charge in [0.15, 0.2) is 0 Å². The molecule has 2 aromatic rings. The Balaban J connectivity index is 1.57. The van der Waals surface area contributed by atoms with Gasteiger partial charge in [-0.3, -0.25) is 0 Å². The van der Waals surface area contributed by atoms with E-state index < -0.39 is 14.2 Å². The van der Waals surface area contributed by atoms with Crippen LogP contribution in [-0.4, -0.2) is 37.6 Å². The molecule has 0 bridgehead atoms. The molecule has 3 aliphatic rings. The molecule has 5 rings (SSSR count). The third-order valence-corrected chi connectivity index (χ3v) is 7.05. The van der Waals surface area contributed by atoms with Crippen LogP contribution in [0.25, 0.3) is 10.9 Å². The predicted molar refractivity (Wildman–Crippen MR) is 130 cm³/mol. The van der Waals surface area contributed by atoms with Gasteiger partial charge in [0, 0.05) is 6.10 Å². The fraction of sp³-hybridized carbons (Fsp3) is 0.462. The number of benzene rings is 2. The van der Waals surface area contributed by atoms with Crippen molar-refractivity contribution in [1.82, 2.24) is 0 Å². The van der Waals surface area contributed by atoms with Crippen molar-refractivity contribution in [2.75, 3.05) is 0 Å². The summed E-state index contributed by atoms with van der Waals surface area (Å²) in [7, 11) is -1.55. The number of rotatable bonds is 6. The van der Waals surface area contributed by atoms with E-state index in [1.54, 1.807) is 0 Å². The van der Waals surface area contributed by atoms with Gasteiger partial charge in [-0.15, -0.1) is 0 Å². The normalized spacial score (nSPS) is 24.7. The van der Waals surface area contributed by atoms with Gasteiger partial charge in [-0.05, 0) is 47.8 Å². The second kappa shape index (κ2) is 10.4. The Morgan fingerprint density at radius 1 is 0.750 bits per heavy atom. The van der Waals surface area contributed by atoms with Crippen molar-refractivity contribution in [3.63, 3.8) is 0 Å². The highest BCUT2D eigenvalue weighted by Gasteiger charge is 2.45. The summed E-state index contributed by atoms with van der Waals surface area (Å²) >= 11 is 0. The topological polar surface area (TPSA) is 47.9 Å². The van der Waals surface area contributed by atoms with E-state index in [9.17, 15) is 5.02 Å². The van der Waals surface area contributed by atoms with E-state index in [0.717, 1.165) is 60.6 Å². The van der Waals surface area contributed by atoms with Crippen molar-refractivity contribution in [3.05, 3.63) is 71.8 Å². The molecule has 0 aromatic heterocycles. The summed E-state index contributed by atoms with van der Waals surface area (Å²) in [5.74, 6) is 0. The van der Waals surface area contributed by atoms with E-state index in [2.05, 4.69) is 12.1 Å². The van der Waals surface area contributed by atoms with Crippen LogP contribution in [0.1, 0.15) is 68.9 Å². The Morgan fingerprint density at radius 2 is 1.28 bits per heavy atom. The Hall–Kier alpha value is -1.85. The highest BCUT2D eigenvalue weighted by Crippen LogP contribution is 2.39. The maximum absolute atomic E-state index is 11.5. The Kier molecular flexibility index (Phi) is 7.13. The number of fused-ring (bicyclic) bond motifs is 1. The molecule has 0 radical (unpaired) electrons. The van der Waals surface area contributed by atoms with E-state index in [0.29, 0.717) is 0 Å². The maximum atomic E-state index is 11.5. The summed E-state index contributed by atoms with van der Waals surface area (Å²) in [6, 6.07) is 20.3. The van der Waals surface area contributed by atoms with Gasteiger partial charge >= 0.3 is 14.2 Å². The first-order valence-corrected chi connectivity index (χ1v) is 12.3. The summed E-state index contributed by atoms with van der Waals surface area (Å²) in [5, 5.41) is 11.5. The summed E-state index contributed by atoms with van der Waals surface area (Å²) in [5.41, 5.74) is 3.58. The molecule has 2 atom stereocenters. The highest BCUT2D eigenvalue weighted by molar-refractivity contribution is 6.81. The van der Waals surface area contributed by atoms with Crippen LogP contribution in [0.2, 0.25) is 0 Å². The van der Waals surface area contributed by atoms with Gasteiger partial charge in [-0.1, -0.05) is 92.8 Å². The van der Waals surface area contributed by atoms with Crippen LogP contribution in [0, 0.1) is 0 Å². The third kappa shape index (κ3) is 4.89. The fourth-order valence-electron chi connectivity index (χ4n) is 5.40. The van der Waals surface area contributed by atoms with E-state index in [1.165, 1.54) is 19.3 Å². The molecule has 2 unspecified atom stereocenters. The number of hydrogen-bond acceptors (Lipinski definition) is 4. The first-order chi connectivity index (χ1) is 15.8. The lowest BCUT2D eigenvalue weighted by molar-refractivity contribution is 0.110. The largest absolute Gasteiger partial charge is 0.494 e. The minimum Gasteiger partial charge on any atom is -0.423 e. The molecule has 1 aliphatic heterocycles. The summed E-state index contributed by atoms with van der Waals surface area (Å²) < 4.78 is 19.2. The second-order valence-corrected chi connectivity index (χ2v) is 9.27. The lowest BCUT2D eigenvalue weighted by Crippen LogP contribution is -2.32. The van der Waals surface area contributed by atoms with Crippen molar-refractivity contribution in [2.24, 2.45) is 0 Å². The van der Waals surface area contributed by atoms with Gasteiger partial charge in [0.05, 0.1) is 12.2 Å². The molecular weight excluding hydrogens is 398 g/mol. The van der Waals surface area contributed by atoms with Crippen LogP contribution >= 0.6 is 0 Å². The van der Waals surface area contributed by atoms with Gasteiger partial charge in [-0.25, -0.2) is 0 Å². The summed E-state index contributed by atoms with van der Waals surface area (Å²) in [6.45, 7) is 0. The van der Waals surface area contributed by atoms with Gasteiger partial charge in [-0.2, -0.15) is 0 Å².